The predicted molar refractivity (Wildman–Crippen MR) is 110 cm³/mol. The normalized spacial score (nSPS) is 19.6. The third kappa shape index (κ3) is 3.88. The lowest BCUT2D eigenvalue weighted by molar-refractivity contribution is -0.139. The van der Waals surface area contributed by atoms with E-state index in [1.54, 1.807) is 4.90 Å². The minimum atomic E-state index is -0.466. The fraction of sp³-hybridized carbons (Fsp3) is 0.391. The van der Waals surface area contributed by atoms with Crippen molar-refractivity contribution in [2.75, 3.05) is 18.4 Å². The smallest absolute Gasteiger partial charge is 0.322 e. The van der Waals surface area contributed by atoms with E-state index in [4.69, 9.17) is 0 Å². The molecule has 2 fully saturated rings. The van der Waals surface area contributed by atoms with Crippen molar-refractivity contribution in [3.8, 4) is 0 Å². The van der Waals surface area contributed by atoms with Crippen LogP contribution < -0.4 is 5.32 Å². The molecule has 2 aromatic carbocycles. The van der Waals surface area contributed by atoms with E-state index in [1.165, 1.54) is 24.0 Å². The number of benzene rings is 2. The van der Waals surface area contributed by atoms with Crippen molar-refractivity contribution in [2.45, 2.75) is 45.2 Å². The summed E-state index contributed by atoms with van der Waals surface area (Å²) in [6.45, 7) is 5.54. The first-order chi connectivity index (χ1) is 13.5. The van der Waals surface area contributed by atoms with E-state index in [0.717, 1.165) is 11.3 Å². The van der Waals surface area contributed by atoms with Crippen molar-refractivity contribution in [1.82, 2.24) is 9.80 Å². The van der Waals surface area contributed by atoms with Gasteiger partial charge in [-0.3, -0.25) is 4.79 Å². The molecule has 5 heteroatoms. The molecule has 1 N–H and O–H groups in total. The van der Waals surface area contributed by atoms with Crippen molar-refractivity contribution in [3.63, 3.8) is 0 Å². The summed E-state index contributed by atoms with van der Waals surface area (Å²) in [4.78, 5) is 29.2. The third-order valence-electron chi connectivity index (χ3n) is 5.68. The van der Waals surface area contributed by atoms with Gasteiger partial charge in [-0.25, -0.2) is 4.79 Å². The van der Waals surface area contributed by atoms with Crippen molar-refractivity contribution in [2.24, 2.45) is 0 Å². The standard InChI is InChI=1S/C23H27N3O2/c1-16-6-5-7-18(14-16)15-25-12-13-26(17(2)22(25)27)23(28)24-21-9-4-3-8-20(21)19-10-11-19/h3-9,14,17,19H,10-13,15H2,1-2H3,(H,24,28)/t17-/m1/s1. The van der Waals surface area contributed by atoms with Crippen LogP contribution in [0.25, 0.3) is 0 Å². The lowest BCUT2D eigenvalue weighted by atomic mass is 10.1. The monoisotopic (exact) mass is 377 g/mol. The number of nitrogens with one attached hydrogen (secondary N) is 1. The summed E-state index contributed by atoms with van der Waals surface area (Å²) in [5, 5.41) is 3.04. The highest BCUT2D eigenvalue weighted by atomic mass is 16.2. The van der Waals surface area contributed by atoms with E-state index in [-0.39, 0.29) is 11.9 Å². The summed E-state index contributed by atoms with van der Waals surface area (Å²) in [5.41, 5.74) is 4.38. The molecule has 0 radical (unpaired) electrons. The molecule has 0 aromatic heterocycles. The highest BCUT2D eigenvalue weighted by molar-refractivity contribution is 5.95. The number of urea groups is 1. The van der Waals surface area contributed by atoms with Gasteiger partial charge >= 0.3 is 6.03 Å². The van der Waals surface area contributed by atoms with E-state index in [2.05, 4.69) is 30.4 Å². The minimum Gasteiger partial charge on any atom is -0.335 e. The molecular formula is C23H27N3O2. The molecule has 1 atom stereocenters. The first kappa shape index (κ1) is 18.5. The highest BCUT2D eigenvalue weighted by Crippen LogP contribution is 2.43. The van der Waals surface area contributed by atoms with Crippen LogP contribution in [-0.4, -0.2) is 40.9 Å². The summed E-state index contributed by atoms with van der Waals surface area (Å²) in [7, 11) is 0. The van der Waals surface area contributed by atoms with Crippen LogP contribution in [-0.2, 0) is 11.3 Å². The van der Waals surface area contributed by atoms with Gasteiger partial charge in [-0.05, 0) is 49.8 Å². The number of aryl methyl sites for hydroxylation is 1. The Bertz CT molecular complexity index is 891. The van der Waals surface area contributed by atoms with E-state index in [1.807, 2.05) is 42.2 Å². The Morgan fingerprint density at radius 3 is 2.64 bits per heavy atom. The second kappa shape index (κ2) is 7.66. The fourth-order valence-electron chi connectivity index (χ4n) is 3.94. The Balaban J connectivity index is 1.42. The molecule has 2 aliphatic rings. The van der Waals surface area contributed by atoms with Gasteiger partial charge in [-0.1, -0.05) is 48.0 Å². The summed E-state index contributed by atoms with van der Waals surface area (Å²) >= 11 is 0. The fourth-order valence-corrected chi connectivity index (χ4v) is 3.94. The van der Waals surface area contributed by atoms with Crippen LogP contribution in [0.15, 0.2) is 48.5 Å². The van der Waals surface area contributed by atoms with Crippen LogP contribution in [0.3, 0.4) is 0 Å². The predicted octanol–water partition coefficient (Wildman–Crippen LogP) is 4.14. The zero-order valence-corrected chi connectivity index (χ0v) is 16.5. The molecule has 2 aromatic rings. The Labute approximate surface area is 166 Å². The molecule has 1 saturated carbocycles. The van der Waals surface area contributed by atoms with Crippen LogP contribution >= 0.6 is 0 Å². The van der Waals surface area contributed by atoms with Crippen molar-refractivity contribution in [3.05, 3.63) is 65.2 Å². The summed E-state index contributed by atoms with van der Waals surface area (Å²) in [6.07, 6.45) is 2.36. The number of carbonyl (C=O) groups excluding carboxylic acids is 2. The van der Waals surface area contributed by atoms with Gasteiger partial charge in [-0.15, -0.1) is 0 Å². The van der Waals surface area contributed by atoms with Gasteiger partial charge in [0.2, 0.25) is 5.91 Å². The molecule has 5 nitrogen and oxygen atoms in total. The first-order valence-electron chi connectivity index (χ1n) is 10.0. The van der Waals surface area contributed by atoms with Gasteiger partial charge < -0.3 is 15.1 Å². The topological polar surface area (TPSA) is 52.6 Å². The van der Waals surface area contributed by atoms with Crippen molar-refractivity contribution >= 4 is 17.6 Å². The molecule has 146 valence electrons. The molecule has 1 aliphatic heterocycles. The number of rotatable bonds is 4. The van der Waals surface area contributed by atoms with E-state index in [0.29, 0.717) is 25.6 Å². The maximum absolute atomic E-state index is 12.9. The molecule has 1 heterocycles. The summed E-state index contributed by atoms with van der Waals surface area (Å²) in [5.74, 6) is 0.556. The molecule has 28 heavy (non-hydrogen) atoms. The quantitative estimate of drug-likeness (QED) is 0.871. The number of piperazine rings is 1. The van der Waals surface area contributed by atoms with Crippen LogP contribution in [0.1, 0.15) is 42.4 Å². The van der Waals surface area contributed by atoms with E-state index < -0.39 is 6.04 Å². The van der Waals surface area contributed by atoms with Gasteiger partial charge in [0.25, 0.3) is 0 Å². The lowest BCUT2D eigenvalue weighted by Gasteiger charge is -2.39. The number of anilines is 1. The van der Waals surface area contributed by atoms with Crippen LogP contribution in [0.5, 0.6) is 0 Å². The molecule has 0 spiro atoms. The number of nitrogens with zero attached hydrogens (tertiary/aromatic N) is 2. The van der Waals surface area contributed by atoms with Gasteiger partial charge in [0.15, 0.2) is 0 Å². The maximum Gasteiger partial charge on any atom is 0.322 e. The second-order valence-corrected chi connectivity index (χ2v) is 7.91. The molecule has 3 amide bonds. The van der Waals surface area contributed by atoms with E-state index in [9.17, 15) is 9.59 Å². The number of hydrogen-bond acceptors (Lipinski definition) is 2. The Hall–Kier alpha value is -2.82. The Morgan fingerprint density at radius 2 is 1.89 bits per heavy atom. The largest absolute Gasteiger partial charge is 0.335 e. The number of amides is 3. The van der Waals surface area contributed by atoms with Gasteiger partial charge in [0.05, 0.1) is 0 Å². The van der Waals surface area contributed by atoms with E-state index >= 15 is 0 Å². The zero-order chi connectivity index (χ0) is 19.7. The van der Waals surface area contributed by atoms with Gasteiger partial charge in [0.1, 0.15) is 6.04 Å². The Kier molecular flexibility index (Phi) is 5.07. The highest BCUT2D eigenvalue weighted by Gasteiger charge is 2.35. The third-order valence-corrected chi connectivity index (χ3v) is 5.68. The number of hydrogen-bond donors (Lipinski definition) is 1. The van der Waals surface area contributed by atoms with Crippen molar-refractivity contribution < 1.29 is 9.59 Å². The molecule has 0 bridgehead atoms. The van der Waals surface area contributed by atoms with Crippen molar-refractivity contribution in [1.29, 1.82) is 0 Å². The molecule has 4 rings (SSSR count). The zero-order valence-electron chi connectivity index (χ0n) is 16.5. The molecular weight excluding hydrogens is 350 g/mol. The van der Waals surface area contributed by atoms with Crippen LogP contribution in [0.2, 0.25) is 0 Å². The average Bonchev–Trinajstić information content (AvgIpc) is 3.51. The average molecular weight is 377 g/mol. The summed E-state index contributed by atoms with van der Waals surface area (Å²) < 4.78 is 0. The molecule has 1 aliphatic carbocycles. The summed E-state index contributed by atoms with van der Waals surface area (Å²) in [6, 6.07) is 15.5. The number of carbonyl (C=O) groups is 2. The molecule has 1 saturated heterocycles. The Morgan fingerprint density at radius 1 is 1.11 bits per heavy atom. The van der Waals surface area contributed by atoms with Crippen LogP contribution in [0, 0.1) is 6.92 Å². The SMILES string of the molecule is Cc1cccc(CN2CCN(C(=O)Nc3ccccc3C3CC3)[C@H](C)C2=O)c1. The van der Waals surface area contributed by atoms with Gasteiger partial charge in [-0.2, -0.15) is 0 Å². The molecule has 0 unspecified atom stereocenters. The second-order valence-electron chi connectivity index (χ2n) is 7.91. The van der Waals surface area contributed by atoms with Gasteiger partial charge in [0, 0.05) is 25.3 Å². The number of para-hydroxylation sites is 1. The van der Waals surface area contributed by atoms with Crippen LogP contribution in [0.4, 0.5) is 10.5 Å². The lowest BCUT2D eigenvalue weighted by Crippen LogP contribution is -2.58. The minimum absolute atomic E-state index is 0.00150. The maximum atomic E-state index is 12.9. The first-order valence-corrected chi connectivity index (χ1v) is 10.0.